The van der Waals surface area contributed by atoms with Crippen LogP contribution in [0, 0.1) is 6.57 Å². The second-order valence-electron chi connectivity index (χ2n) is 2.50. The molecule has 4 heteroatoms. The van der Waals surface area contributed by atoms with Crippen molar-refractivity contribution < 1.29 is 4.39 Å². The van der Waals surface area contributed by atoms with Gasteiger partial charge in [-0.3, -0.25) is 0 Å². The summed E-state index contributed by atoms with van der Waals surface area (Å²) in [6.07, 6.45) is 0. The summed E-state index contributed by atoms with van der Waals surface area (Å²) in [5.41, 5.74) is 7.24. The van der Waals surface area contributed by atoms with E-state index in [-0.39, 0.29) is 6.54 Å². The molecule has 0 amide bonds. The third kappa shape index (κ3) is 2.34. The summed E-state index contributed by atoms with van der Waals surface area (Å²) >= 11 is 0. The van der Waals surface area contributed by atoms with Crippen molar-refractivity contribution in [1.29, 1.82) is 0 Å². The van der Waals surface area contributed by atoms with Gasteiger partial charge in [-0.15, -0.1) is 0 Å². The van der Waals surface area contributed by atoms with Crippen LogP contribution in [-0.2, 0) is 0 Å². The van der Waals surface area contributed by atoms with Gasteiger partial charge in [0.25, 0.3) is 0 Å². The predicted molar refractivity (Wildman–Crippen MR) is 51.6 cm³/mol. The summed E-state index contributed by atoms with van der Waals surface area (Å²) in [6.45, 7) is 6.53. The van der Waals surface area contributed by atoms with E-state index in [2.05, 4.69) is 10.2 Å². The zero-order valence-electron chi connectivity index (χ0n) is 7.05. The zero-order valence-corrected chi connectivity index (χ0v) is 7.05. The summed E-state index contributed by atoms with van der Waals surface area (Å²) in [6, 6.07) is 4.87. The number of benzene rings is 1. The molecule has 0 unspecified atom stereocenters. The van der Waals surface area contributed by atoms with Crippen LogP contribution in [0.15, 0.2) is 18.2 Å². The zero-order chi connectivity index (χ0) is 9.68. The van der Waals surface area contributed by atoms with Crippen molar-refractivity contribution in [3.8, 4) is 0 Å². The number of alkyl halides is 1. The molecule has 0 saturated carbocycles. The molecule has 13 heavy (non-hydrogen) atoms. The van der Waals surface area contributed by atoms with Gasteiger partial charge in [-0.1, -0.05) is 6.07 Å². The van der Waals surface area contributed by atoms with Crippen molar-refractivity contribution in [2.45, 2.75) is 0 Å². The highest BCUT2D eigenvalue weighted by molar-refractivity contribution is 5.71. The number of rotatable bonds is 3. The van der Waals surface area contributed by atoms with E-state index in [0.717, 1.165) is 0 Å². The van der Waals surface area contributed by atoms with Gasteiger partial charge in [0, 0.05) is 12.2 Å². The molecule has 0 aliphatic rings. The first-order valence-electron chi connectivity index (χ1n) is 3.84. The SMILES string of the molecule is [C-]#[N+]c1ccc(N)c(NCCF)c1. The highest BCUT2D eigenvalue weighted by Gasteiger charge is 1.99. The lowest BCUT2D eigenvalue weighted by Gasteiger charge is -2.07. The third-order valence-corrected chi connectivity index (χ3v) is 1.58. The molecule has 0 aliphatic heterocycles. The van der Waals surface area contributed by atoms with Crippen LogP contribution < -0.4 is 11.1 Å². The molecule has 1 aromatic rings. The fourth-order valence-electron chi connectivity index (χ4n) is 0.949. The fourth-order valence-corrected chi connectivity index (χ4v) is 0.949. The number of hydrogen-bond acceptors (Lipinski definition) is 2. The summed E-state index contributed by atoms with van der Waals surface area (Å²) in [7, 11) is 0. The van der Waals surface area contributed by atoms with E-state index in [9.17, 15) is 4.39 Å². The first-order chi connectivity index (χ1) is 6.27. The quantitative estimate of drug-likeness (QED) is 0.551. The molecule has 68 valence electrons. The molecule has 0 spiro atoms. The largest absolute Gasteiger partial charge is 0.397 e. The van der Waals surface area contributed by atoms with E-state index >= 15 is 0 Å². The van der Waals surface area contributed by atoms with Crippen LogP contribution in [0.4, 0.5) is 21.5 Å². The Morgan fingerprint density at radius 2 is 2.31 bits per heavy atom. The average molecular weight is 179 g/mol. The maximum Gasteiger partial charge on any atom is 0.189 e. The van der Waals surface area contributed by atoms with Crippen LogP contribution in [0.1, 0.15) is 0 Å². The van der Waals surface area contributed by atoms with Gasteiger partial charge in [-0.25, -0.2) is 9.24 Å². The molecule has 0 aliphatic carbocycles. The van der Waals surface area contributed by atoms with Crippen LogP contribution in [0.2, 0.25) is 0 Å². The minimum absolute atomic E-state index is 0.214. The van der Waals surface area contributed by atoms with E-state index < -0.39 is 6.67 Å². The van der Waals surface area contributed by atoms with Crippen molar-refractivity contribution >= 4 is 17.1 Å². The van der Waals surface area contributed by atoms with Crippen LogP contribution in [0.3, 0.4) is 0 Å². The van der Waals surface area contributed by atoms with Crippen LogP contribution in [0.25, 0.3) is 4.85 Å². The van der Waals surface area contributed by atoms with E-state index in [1.54, 1.807) is 18.2 Å². The summed E-state index contributed by atoms with van der Waals surface area (Å²) in [5.74, 6) is 0. The molecule has 3 N–H and O–H groups in total. The predicted octanol–water partition coefficient (Wildman–Crippen LogP) is 2.20. The van der Waals surface area contributed by atoms with Crippen molar-refractivity contribution in [3.05, 3.63) is 29.6 Å². The highest BCUT2D eigenvalue weighted by atomic mass is 19.1. The molecule has 0 radical (unpaired) electrons. The smallest absolute Gasteiger partial charge is 0.189 e. The maximum atomic E-state index is 11.8. The van der Waals surface area contributed by atoms with Gasteiger partial charge in [0.2, 0.25) is 0 Å². The molecule has 1 rings (SSSR count). The van der Waals surface area contributed by atoms with Crippen molar-refractivity contribution in [2.24, 2.45) is 0 Å². The number of nitrogen functional groups attached to an aromatic ring is 1. The Morgan fingerprint density at radius 1 is 1.54 bits per heavy atom. The van der Waals surface area contributed by atoms with Crippen molar-refractivity contribution in [2.75, 3.05) is 24.3 Å². The number of nitrogens with two attached hydrogens (primary N) is 1. The minimum Gasteiger partial charge on any atom is -0.397 e. The highest BCUT2D eigenvalue weighted by Crippen LogP contribution is 2.24. The number of nitrogens with zero attached hydrogens (tertiary/aromatic N) is 1. The van der Waals surface area contributed by atoms with Gasteiger partial charge in [0.1, 0.15) is 6.67 Å². The number of nitrogens with one attached hydrogen (secondary N) is 1. The van der Waals surface area contributed by atoms with Crippen LogP contribution in [-0.4, -0.2) is 13.2 Å². The fraction of sp³-hybridized carbons (Fsp3) is 0.222. The lowest BCUT2D eigenvalue weighted by molar-refractivity contribution is 0.513. The Kier molecular flexibility index (Phi) is 3.09. The van der Waals surface area contributed by atoms with Crippen molar-refractivity contribution in [3.63, 3.8) is 0 Å². The van der Waals surface area contributed by atoms with Gasteiger partial charge in [0.15, 0.2) is 5.69 Å². The number of halogens is 1. The van der Waals surface area contributed by atoms with E-state index in [1.807, 2.05) is 0 Å². The first kappa shape index (κ1) is 9.33. The molecule has 3 nitrogen and oxygen atoms in total. The van der Waals surface area contributed by atoms with Gasteiger partial charge in [-0.2, -0.15) is 0 Å². The Balaban J connectivity index is 2.85. The molecule has 0 saturated heterocycles. The van der Waals surface area contributed by atoms with E-state index in [4.69, 9.17) is 12.3 Å². The summed E-state index contributed by atoms with van der Waals surface area (Å²) < 4.78 is 11.8. The molecule has 1 aromatic carbocycles. The summed E-state index contributed by atoms with van der Waals surface area (Å²) in [5, 5.41) is 2.79. The van der Waals surface area contributed by atoms with E-state index in [1.165, 1.54) is 0 Å². The minimum atomic E-state index is -0.457. The molecule has 0 aromatic heterocycles. The van der Waals surface area contributed by atoms with E-state index in [0.29, 0.717) is 17.1 Å². The second kappa shape index (κ2) is 4.31. The van der Waals surface area contributed by atoms with Crippen LogP contribution >= 0.6 is 0 Å². The van der Waals surface area contributed by atoms with Crippen molar-refractivity contribution in [1.82, 2.24) is 0 Å². The normalized spacial score (nSPS) is 9.23. The van der Waals surface area contributed by atoms with Gasteiger partial charge in [0.05, 0.1) is 12.3 Å². The molecule has 0 heterocycles. The Labute approximate surface area is 76.2 Å². The molecular formula is C9H10FN3. The molecule has 0 fully saturated rings. The average Bonchev–Trinajstić information content (AvgIpc) is 2.17. The Morgan fingerprint density at radius 3 is 2.92 bits per heavy atom. The topological polar surface area (TPSA) is 42.4 Å². The molecule has 0 atom stereocenters. The monoisotopic (exact) mass is 179 g/mol. The van der Waals surface area contributed by atoms with Crippen LogP contribution in [0.5, 0.6) is 0 Å². The molecule has 0 bridgehead atoms. The molecular weight excluding hydrogens is 169 g/mol. The van der Waals surface area contributed by atoms with Gasteiger partial charge >= 0.3 is 0 Å². The Hall–Kier alpha value is -1.76. The third-order valence-electron chi connectivity index (χ3n) is 1.58. The number of anilines is 2. The maximum absolute atomic E-state index is 11.8. The summed E-state index contributed by atoms with van der Waals surface area (Å²) in [4.78, 5) is 3.24. The standard InChI is InChI=1S/C9H10FN3/c1-12-7-2-3-8(11)9(6-7)13-5-4-10/h2-3,6,13H,4-5,11H2. The van der Waals surface area contributed by atoms with Gasteiger partial charge in [-0.05, 0) is 12.1 Å². The van der Waals surface area contributed by atoms with Gasteiger partial charge < -0.3 is 11.1 Å². The lowest BCUT2D eigenvalue weighted by atomic mass is 10.2. The second-order valence-corrected chi connectivity index (χ2v) is 2.50. The first-order valence-corrected chi connectivity index (χ1v) is 3.84. The number of hydrogen-bond donors (Lipinski definition) is 2. The Bertz CT molecular complexity index is 330. The lowest BCUT2D eigenvalue weighted by Crippen LogP contribution is -2.05.